The molecule has 0 aliphatic heterocycles. The smallest absolute Gasteiger partial charge is 0.322 e. The van der Waals surface area contributed by atoms with Gasteiger partial charge < -0.3 is 10.5 Å². The summed E-state index contributed by atoms with van der Waals surface area (Å²) >= 11 is 0. The van der Waals surface area contributed by atoms with Crippen LogP contribution in [0.25, 0.3) is 0 Å². The zero-order chi connectivity index (χ0) is 12.9. The SMILES string of the molecule is COC(=O)CS(=O)(=O)NCc1cccc(N)n1. The number of hydrogen-bond acceptors (Lipinski definition) is 6. The summed E-state index contributed by atoms with van der Waals surface area (Å²) < 4.78 is 29.3. The molecule has 0 bridgehead atoms. The van der Waals surface area contributed by atoms with Gasteiger partial charge in [0.15, 0.2) is 5.75 Å². The summed E-state index contributed by atoms with van der Waals surface area (Å²) in [4.78, 5) is 14.7. The molecule has 1 aromatic rings. The van der Waals surface area contributed by atoms with Crippen molar-refractivity contribution in [1.29, 1.82) is 0 Å². The van der Waals surface area contributed by atoms with E-state index in [2.05, 4.69) is 14.4 Å². The Kier molecular flexibility index (Phi) is 4.41. The van der Waals surface area contributed by atoms with E-state index in [0.717, 1.165) is 7.11 Å². The predicted octanol–water partition coefficient (Wildman–Crippen LogP) is -0.744. The molecule has 0 spiro atoms. The molecule has 94 valence electrons. The molecule has 0 fully saturated rings. The second kappa shape index (κ2) is 5.60. The zero-order valence-corrected chi connectivity index (χ0v) is 10.0. The molecular formula is C9H13N3O4S. The zero-order valence-electron chi connectivity index (χ0n) is 9.21. The number of carbonyl (C=O) groups excluding carboxylic acids is 1. The van der Waals surface area contributed by atoms with Gasteiger partial charge >= 0.3 is 5.97 Å². The fraction of sp³-hybridized carbons (Fsp3) is 0.333. The van der Waals surface area contributed by atoms with E-state index in [9.17, 15) is 13.2 Å². The van der Waals surface area contributed by atoms with Gasteiger partial charge in [-0.15, -0.1) is 0 Å². The Morgan fingerprint density at radius 3 is 2.82 bits per heavy atom. The van der Waals surface area contributed by atoms with Gasteiger partial charge in [0.2, 0.25) is 10.0 Å². The number of esters is 1. The monoisotopic (exact) mass is 259 g/mol. The van der Waals surface area contributed by atoms with E-state index in [1.165, 1.54) is 0 Å². The number of sulfonamides is 1. The van der Waals surface area contributed by atoms with E-state index in [0.29, 0.717) is 11.5 Å². The number of rotatable bonds is 5. The molecule has 0 aromatic carbocycles. The number of nitrogens with zero attached hydrogens (tertiary/aromatic N) is 1. The number of nitrogens with one attached hydrogen (secondary N) is 1. The highest BCUT2D eigenvalue weighted by molar-refractivity contribution is 7.90. The first kappa shape index (κ1) is 13.4. The lowest BCUT2D eigenvalue weighted by atomic mass is 10.3. The number of methoxy groups -OCH3 is 1. The fourth-order valence-electron chi connectivity index (χ4n) is 1.05. The van der Waals surface area contributed by atoms with Crippen molar-refractivity contribution in [2.75, 3.05) is 18.6 Å². The minimum atomic E-state index is -3.71. The van der Waals surface area contributed by atoms with Crippen molar-refractivity contribution < 1.29 is 17.9 Å². The number of aromatic nitrogens is 1. The van der Waals surface area contributed by atoms with Crippen molar-refractivity contribution in [3.05, 3.63) is 23.9 Å². The third-order valence-electron chi connectivity index (χ3n) is 1.84. The lowest BCUT2D eigenvalue weighted by molar-refractivity contribution is -0.137. The lowest BCUT2D eigenvalue weighted by Crippen LogP contribution is -2.30. The average Bonchev–Trinajstić information content (AvgIpc) is 2.26. The summed E-state index contributed by atoms with van der Waals surface area (Å²) in [5.41, 5.74) is 5.91. The van der Waals surface area contributed by atoms with Crippen LogP contribution in [0.4, 0.5) is 5.82 Å². The predicted molar refractivity (Wildman–Crippen MR) is 61.3 cm³/mol. The maximum absolute atomic E-state index is 11.4. The van der Waals surface area contributed by atoms with Gasteiger partial charge in [-0.2, -0.15) is 0 Å². The summed E-state index contributed by atoms with van der Waals surface area (Å²) in [6.07, 6.45) is 0. The van der Waals surface area contributed by atoms with Crippen molar-refractivity contribution in [3.8, 4) is 0 Å². The van der Waals surface area contributed by atoms with E-state index in [1.54, 1.807) is 18.2 Å². The highest BCUT2D eigenvalue weighted by atomic mass is 32.2. The van der Waals surface area contributed by atoms with E-state index in [1.807, 2.05) is 0 Å². The van der Waals surface area contributed by atoms with Crippen LogP contribution in [0.3, 0.4) is 0 Å². The number of nitrogens with two attached hydrogens (primary N) is 1. The largest absolute Gasteiger partial charge is 0.468 e. The Bertz CT molecular complexity index is 501. The molecule has 0 aliphatic rings. The van der Waals surface area contributed by atoms with Crippen LogP contribution in [0, 0.1) is 0 Å². The first-order chi connectivity index (χ1) is 7.93. The fourth-order valence-corrected chi connectivity index (χ4v) is 1.94. The van der Waals surface area contributed by atoms with E-state index in [-0.39, 0.29) is 6.54 Å². The number of anilines is 1. The topological polar surface area (TPSA) is 111 Å². The molecule has 0 unspecified atom stereocenters. The van der Waals surface area contributed by atoms with Crippen molar-refractivity contribution in [2.45, 2.75) is 6.54 Å². The summed E-state index contributed by atoms with van der Waals surface area (Å²) in [6.45, 7) is -0.0234. The number of nitrogen functional groups attached to an aromatic ring is 1. The highest BCUT2D eigenvalue weighted by Crippen LogP contribution is 2.00. The van der Waals surface area contributed by atoms with Crippen molar-refractivity contribution in [2.24, 2.45) is 0 Å². The normalized spacial score (nSPS) is 11.1. The third-order valence-corrected chi connectivity index (χ3v) is 3.04. The molecule has 0 saturated heterocycles. The van der Waals surface area contributed by atoms with Crippen LogP contribution < -0.4 is 10.5 Å². The third kappa shape index (κ3) is 4.79. The van der Waals surface area contributed by atoms with Crippen LogP contribution in [0.2, 0.25) is 0 Å². The second-order valence-corrected chi connectivity index (χ2v) is 5.02. The Hall–Kier alpha value is -1.67. The Labute approximate surface area is 99.0 Å². The Balaban J connectivity index is 2.58. The molecule has 8 heteroatoms. The van der Waals surface area contributed by atoms with Crippen molar-refractivity contribution in [3.63, 3.8) is 0 Å². The Morgan fingerprint density at radius 1 is 1.53 bits per heavy atom. The van der Waals surface area contributed by atoms with Crippen LogP contribution in [-0.2, 0) is 26.1 Å². The van der Waals surface area contributed by atoms with Gasteiger partial charge in [0, 0.05) is 0 Å². The van der Waals surface area contributed by atoms with Crippen LogP contribution in [0.5, 0.6) is 0 Å². The van der Waals surface area contributed by atoms with Gasteiger partial charge in [0.25, 0.3) is 0 Å². The first-order valence-corrected chi connectivity index (χ1v) is 6.34. The van der Waals surface area contributed by atoms with Gasteiger partial charge in [-0.25, -0.2) is 18.1 Å². The summed E-state index contributed by atoms with van der Waals surface area (Å²) in [7, 11) is -2.59. The van der Waals surface area contributed by atoms with Gasteiger partial charge in [0.05, 0.1) is 19.3 Å². The van der Waals surface area contributed by atoms with Gasteiger partial charge in [0.1, 0.15) is 5.82 Å². The minimum absolute atomic E-state index is 0.0234. The number of ether oxygens (including phenoxy) is 1. The van der Waals surface area contributed by atoms with Gasteiger partial charge in [-0.3, -0.25) is 4.79 Å². The number of pyridine rings is 1. The highest BCUT2D eigenvalue weighted by Gasteiger charge is 2.16. The molecule has 1 rings (SSSR count). The Morgan fingerprint density at radius 2 is 2.24 bits per heavy atom. The van der Waals surface area contributed by atoms with Crippen LogP contribution in [-0.4, -0.2) is 32.2 Å². The number of hydrogen-bond donors (Lipinski definition) is 2. The molecule has 1 aromatic heterocycles. The molecule has 0 atom stereocenters. The van der Waals surface area contributed by atoms with Crippen LogP contribution in [0.1, 0.15) is 5.69 Å². The molecule has 0 amide bonds. The lowest BCUT2D eigenvalue weighted by Gasteiger charge is -2.05. The van der Waals surface area contributed by atoms with E-state index in [4.69, 9.17) is 5.73 Å². The molecular weight excluding hydrogens is 246 g/mol. The maximum Gasteiger partial charge on any atom is 0.322 e. The summed E-state index contributed by atoms with van der Waals surface area (Å²) in [5.74, 6) is -1.24. The quantitative estimate of drug-likeness (QED) is 0.673. The maximum atomic E-state index is 11.4. The molecule has 0 saturated carbocycles. The van der Waals surface area contributed by atoms with Crippen molar-refractivity contribution >= 4 is 21.8 Å². The summed E-state index contributed by atoms with van der Waals surface area (Å²) in [6, 6.07) is 4.87. The van der Waals surface area contributed by atoms with E-state index < -0.39 is 21.7 Å². The molecule has 0 radical (unpaired) electrons. The molecule has 1 heterocycles. The van der Waals surface area contributed by atoms with Crippen LogP contribution >= 0.6 is 0 Å². The molecule has 0 aliphatic carbocycles. The minimum Gasteiger partial charge on any atom is -0.468 e. The van der Waals surface area contributed by atoms with Crippen molar-refractivity contribution in [1.82, 2.24) is 9.71 Å². The standard InChI is InChI=1S/C9H13N3O4S/c1-16-9(13)6-17(14,15)11-5-7-3-2-4-8(10)12-7/h2-4,11H,5-6H2,1H3,(H2,10,12). The van der Waals surface area contributed by atoms with Crippen LogP contribution in [0.15, 0.2) is 18.2 Å². The molecule has 7 nitrogen and oxygen atoms in total. The second-order valence-electron chi connectivity index (χ2n) is 3.21. The molecule has 17 heavy (non-hydrogen) atoms. The van der Waals surface area contributed by atoms with E-state index >= 15 is 0 Å². The van der Waals surface area contributed by atoms with Gasteiger partial charge in [-0.1, -0.05) is 6.07 Å². The van der Waals surface area contributed by atoms with Gasteiger partial charge in [-0.05, 0) is 12.1 Å². The first-order valence-electron chi connectivity index (χ1n) is 4.68. The number of carbonyl (C=O) groups is 1. The average molecular weight is 259 g/mol. The molecule has 3 N–H and O–H groups in total. The summed E-state index contributed by atoms with van der Waals surface area (Å²) in [5, 5.41) is 0.